The first-order chi connectivity index (χ1) is 12.8. The maximum atomic E-state index is 12.8. The SMILES string of the molecule is CC(NC(=O)Cc1csc(-c2cccnc2)n1)c1cccc(C(F)(F)F)c1. The lowest BCUT2D eigenvalue weighted by Crippen LogP contribution is -2.28. The van der Waals surface area contributed by atoms with Crippen LogP contribution in [0.4, 0.5) is 13.2 Å². The molecule has 3 rings (SSSR count). The van der Waals surface area contributed by atoms with E-state index in [0.717, 1.165) is 22.7 Å². The Hall–Kier alpha value is -2.74. The number of hydrogen-bond donors (Lipinski definition) is 1. The van der Waals surface area contributed by atoms with E-state index < -0.39 is 17.8 Å². The fourth-order valence-electron chi connectivity index (χ4n) is 2.53. The molecule has 0 spiro atoms. The normalized spacial score (nSPS) is 12.6. The van der Waals surface area contributed by atoms with E-state index in [1.165, 1.54) is 17.4 Å². The molecule has 0 aliphatic rings. The van der Waals surface area contributed by atoms with Crippen molar-refractivity contribution in [3.05, 3.63) is 71.0 Å². The van der Waals surface area contributed by atoms with Crippen LogP contribution in [-0.2, 0) is 17.4 Å². The number of hydrogen-bond acceptors (Lipinski definition) is 4. The van der Waals surface area contributed by atoms with Crippen molar-refractivity contribution in [3.63, 3.8) is 0 Å². The van der Waals surface area contributed by atoms with Crippen LogP contribution in [-0.4, -0.2) is 15.9 Å². The molecule has 140 valence electrons. The third-order valence-electron chi connectivity index (χ3n) is 3.89. The van der Waals surface area contributed by atoms with E-state index in [1.54, 1.807) is 36.8 Å². The van der Waals surface area contributed by atoms with Gasteiger partial charge in [0.2, 0.25) is 5.91 Å². The molecule has 27 heavy (non-hydrogen) atoms. The largest absolute Gasteiger partial charge is 0.416 e. The zero-order valence-corrected chi connectivity index (χ0v) is 15.1. The van der Waals surface area contributed by atoms with E-state index in [1.807, 2.05) is 6.07 Å². The Morgan fingerprint density at radius 2 is 2.07 bits per heavy atom. The molecule has 1 atom stereocenters. The fraction of sp³-hybridized carbons (Fsp3) is 0.211. The maximum Gasteiger partial charge on any atom is 0.416 e. The molecule has 1 N–H and O–H groups in total. The van der Waals surface area contributed by atoms with Gasteiger partial charge in [0.25, 0.3) is 0 Å². The van der Waals surface area contributed by atoms with Crippen LogP contribution in [0.25, 0.3) is 10.6 Å². The summed E-state index contributed by atoms with van der Waals surface area (Å²) in [6, 6.07) is 8.09. The molecule has 0 bridgehead atoms. The van der Waals surface area contributed by atoms with Crippen LogP contribution in [0.3, 0.4) is 0 Å². The second-order valence-electron chi connectivity index (χ2n) is 5.97. The molecular weight excluding hydrogens is 375 g/mol. The number of benzene rings is 1. The highest BCUT2D eigenvalue weighted by atomic mass is 32.1. The van der Waals surface area contributed by atoms with Crippen molar-refractivity contribution in [2.75, 3.05) is 0 Å². The average molecular weight is 391 g/mol. The first-order valence-corrected chi connectivity index (χ1v) is 9.02. The minimum absolute atomic E-state index is 0.0556. The highest BCUT2D eigenvalue weighted by Crippen LogP contribution is 2.30. The van der Waals surface area contributed by atoms with Gasteiger partial charge >= 0.3 is 6.18 Å². The Labute approximate surface area is 158 Å². The Bertz CT molecular complexity index is 925. The Morgan fingerprint density at radius 3 is 2.78 bits per heavy atom. The van der Waals surface area contributed by atoms with Crippen LogP contribution in [0, 0.1) is 0 Å². The first kappa shape index (κ1) is 19.0. The number of rotatable bonds is 5. The number of halogens is 3. The van der Waals surface area contributed by atoms with Crippen molar-refractivity contribution in [1.29, 1.82) is 0 Å². The van der Waals surface area contributed by atoms with Crippen molar-refractivity contribution in [3.8, 4) is 10.6 Å². The molecule has 0 aliphatic carbocycles. The van der Waals surface area contributed by atoms with E-state index in [-0.39, 0.29) is 12.3 Å². The molecule has 0 saturated carbocycles. The molecule has 2 aromatic heterocycles. The highest BCUT2D eigenvalue weighted by molar-refractivity contribution is 7.13. The minimum Gasteiger partial charge on any atom is -0.349 e. The molecule has 1 aromatic carbocycles. The van der Waals surface area contributed by atoms with Crippen LogP contribution < -0.4 is 5.32 Å². The second-order valence-corrected chi connectivity index (χ2v) is 6.83. The predicted molar refractivity (Wildman–Crippen MR) is 97.1 cm³/mol. The summed E-state index contributed by atoms with van der Waals surface area (Å²) < 4.78 is 38.5. The Balaban J connectivity index is 1.64. The monoisotopic (exact) mass is 391 g/mol. The molecule has 3 aromatic rings. The molecule has 1 unspecified atom stereocenters. The third-order valence-corrected chi connectivity index (χ3v) is 4.83. The maximum absolute atomic E-state index is 12.8. The summed E-state index contributed by atoms with van der Waals surface area (Å²) in [6.45, 7) is 1.65. The minimum atomic E-state index is -4.41. The van der Waals surface area contributed by atoms with Crippen LogP contribution in [0.1, 0.15) is 29.8 Å². The van der Waals surface area contributed by atoms with Crippen molar-refractivity contribution in [2.24, 2.45) is 0 Å². The molecular formula is C19H16F3N3OS. The summed E-state index contributed by atoms with van der Waals surface area (Å²) in [4.78, 5) is 20.7. The summed E-state index contributed by atoms with van der Waals surface area (Å²) >= 11 is 1.41. The number of aromatic nitrogens is 2. The van der Waals surface area contributed by atoms with Crippen LogP contribution >= 0.6 is 11.3 Å². The second kappa shape index (κ2) is 7.87. The van der Waals surface area contributed by atoms with Crippen molar-refractivity contribution >= 4 is 17.2 Å². The van der Waals surface area contributed by atoms with E-state index in [0.29, 0.717) is 11.3 Å². The van der Waals surface area contributed by atoms with Gasteiger partial charge in [-0.1, -0.05) is 12.1 Å². The molecule has 0 saturated heterocycles. The van der Waals surface area contributed by atoms with Crippen molar-refractivity contribution in [2.45, 2.75) is 25.6 Å². The van der Waals surface area contributed by atoms with Gasteiger partial charge in [0.15, 0.2) is 0 Å². The number of alkyl halides is 3. The van der Waals surface area contributed by atoms with Gasteiger partial charge in [-0.05, 0) is 36.8 Å². The average Bonchev–Trinajstić information content (AvgIpc) is 3.10. The summed E-state index contributed by atoms with van der Waals surface area (Å²) in [7, 11) is 0. The fourth-order valence-corrected chi connectivity index (χ4v) is 3.35. The standard InChI is InChI=1S/C19H16F3N3OS/c1-12(13-4-2-6-15(8-13)19(20,21)22)24-17(26)9-16-11-27-18(25-16)14-5-3-7-23-10-14/h2-8,10-12H,9H2,1H3,(H,24,26). The lowest BCUT2D eigenvalue weighted by Gasteiger charge is -2.16. The zero-order valence-electron chi connectivity index (χ0n) is 14.3. The molecule has 8 heteroatoms. The number of carbonyl (C=O) groups is 1. The molecule has 1 amide bonds. The number of nitrogens with zero attached hydrogens (tertiary/aromatic N) is 2. The summed E-state index contributed by atoms with van der Waals surface area (Å²) in [6.07, 6.45) is -0.998. The number of amides is 1. The zero-order chi connectivity index (χ0) is 19.4. The van der Waals surface area contributed by atoms with E-state index in [4.69, 9.17) is 0 Å². The topological polar surface area (TPSA) is 54.9 Å². The predicted octanol–water partition coefficient (Wildman–Crippen LogP) is 4.64. The number of thiazole rings is 1. The molecule has 4 nitrogen and oxygen atoms in total. The number of pyridine rings is 1. The number of carbonyl (C=O) groups excluding carboxylic acids is 1. The van der Waals surface area contributed by atoms with Gasteiger partial charge in [0.05, 0.1) is 23.7 Å². The van der Waals surface area contributed by atoms with Gasteiger partial charge in [-0.25, -0.2) is 4.98 Å². The number of nitrogens with one attached hydrogen (secondary N) is 1. The molecule has 0 aliphatic heterocycles. The van der Waals surface area contributed by atoms with E-state index in [2.05, 4.69) is 15.3 Å². The van der Waals surface area contributed by atoms with Crippen molar-refractivity contribution in [1.82, 2.24) is 15.3 Å². The smallest absolute Gasteiger partial charge is 0.349 e. The lowest BCUT2D eigenvalue weighted by molar-refractivity contribution is -0.137. The lowest BCUT2D eigenvalue weighted by atomic mass is 10.0. The quantitative estimate of drug-likeness (QED) is 0.689. The first-order valence-electron chi connectivity index (χ1n) is 8.14. The van der Waals surface area contributed by atoms with Gasteiger partial charge in [0, 0.05) is 23.3 Å². The van der Waals surface area contributed by atoms with Gasteiger partial charge in [0.1, 0.15) is 5.01 Å². The molecule has 0 radical (unpaired) electrons. The summed E-state index contributed by atoms with van der Waals surface area (Å²) in [5, 5.41) is 5.27. The van der Waals surface area contributed by atoms with E-state index >= 15 is 0 Å². The van der Waals surface area contributed by atoms with Crippen LogP contribution in [0.5, 0.6) is 0 Å². The molecule has 0 fully saturated rings. The van der Waals surface area contributed by atoms with Crippen molar-refractivity contribution < 1.29 is 18.0 Å². The summed E-state index contributed by atoms with van der Waals surface area (Å²) in [5.41, 5.74) is 1.13. The van der Waals surface area contributed by atoms with Gasteiger partial charge in [-0.3, -0.25) is 9.78 Å². The van der Waals surface area contributed by atoms with Crippen LogP contribution in [0.15, 0.2) is 54.2 Å². The summed E-state index contributed by atoms with van der Waals surface area (Å²) in [5.74, 6) is -0.303. The van der Waals surface area contributed by atoms with Gasteiger partial charge in [-0.2, -0.15) is 13.2 Å². The van der Waals surface area contributed by atoms with Crippen LogP contribution in [0.2, 0.25) is 0 Å². The third kappa shape index (κ3) is 4.91. The van der Waals surface area contributed by atoms with Gasteiger partial charge < -0.3 is 5.32 Å². The Morgan fingerprint density at radius 1 is 1.26 bits per heavy atom. The highest BCUT2D eigenvalue weighted by Gasteiger charge is 2.30. The van der Waals surface area contributed by atoms with Gasteiger partial charge in [-0.15, -0.1) is 11.3 Å². The molecule has 2 heterocycles. The van der Waals surface area contributed by atoms with E-state index in [9.17, 15) is 18.0 Å². The Kier molecular flexibility index (Phi) is 5.55.